The van der Waals surface area contributed by atoms with Crippen LogP contribution in [0.25, 0.3) is 0 Å². The molecule has 0 unspecified atom stereocenters. The predicted octanol–water partition coefficient (Wildman–Crippen LogP) is 4.42. The zero-order valence-corrected chi connectivity index (χ0v) is 19.9. The van der Waals surface area contributed by atoms with E-state index < -0.39 is 7.25 Å². The largest absolute Gasteiger partial charge is 0.0312 e. The van der Waals surface area contributed by atoms with Crippen molar-refractivity contribution in [3.63, 3.8) is 0 Å². The maximum absolute atomic E-state index is 9.75. The van der Waals surface area contributed by atoms with Crippen LogP contribution in [0.4, 0.5) is 17.3 Å². The van der Waals surface area contributed by atoms with Crippen LogP contribution in [-0.4, -0.2) is 7.25 Å². The number of halogens is 4. The third-order valence-corrected chi connectivity index (χ3v) is 1.40. The van der Waals surface area contributed by atoms with Crippen molar-refractivity contribution in [2.75, 3.05) is 0 Å². The topological polar surface area (TPSA) is 79.6 Å². The van der Waals surface area contributed by atoms with Crippen molar-refractivity contribution in [2.24, 2.45) is 0 Å². The van der Waals surface area contributed by atoms with Crippen molar-refractivity contribution >= 4 is 7.25 Å². The summed E-state index contributed by atoms with van der Waals surface area (Å²) >= 11 is 0. The van der Waals surface area contributed by atoms with E-state index in [1.165, 1.54) is 0 Å². The number of hydrogen-bond donors (Lipinski definition) is 0. The molecular formula is C19H17BF4Mo2O4. The molecule has 0 N–H and O–H groups in total. The van der Waals surface area contributed by atoms with Crippen LogP contribution in [0.5, 0.6) is 0 Å². The van der Waals surface area contributed by atoms with E-state index in [0.717, 1.165) is 5.92 Å². The second-order valence-electron chi connectivity index (χ2n) is 3.56. The fourth-order valence-corrected chi connectivity index (χ4v) is 0.642. The first kappa shape index (κ1) is 51.9. The van der Waals surface area contributed by atoms with E-state index in [0.29, 0.717) is 0 Å². The molecule has 0 aromatic rings. The molecule has 2 fully saturated rings. The molecule has 2 rings (SSSR count). The van der Waals surface area contributed by atoms with Gasteiger partial charge in [-0.05, 0) is 64.2 Å². The summed E-state index contributed by atoms with van der Waals surface area (Å²) in [5, 5.41) is 0. The van der Waals surface area contributed by atoms with Gasteiger partial charge in [0.15, 0.2) is 0 Å². The molecule has 2 aliphatic carbocycles. The van der Waals surface area contributed by atoms with E-state index in [9.17, 15) is 17.3 Å². The van der Waals surface area contributed by atoms with Crippen LogP contribution >= 0.6 is 0 Å². The van der Waals surface area contributed by atoms with Gasteiger partial charge in [-0.25, -0.2) is 0 Å². The van der Waals surface area contributed by atoms with E-state index in [-0.39, 0.29) is 42.1 Å². The zero-order valence-electron chi connectivity index (χ0n) is 15.9. The monoisotopic (exact) mass is 592 g/mol. The Morgan fingerprint density at radius 3 is 0.700 bits per heavy atom. The summed E-state index contributed by atoms with van der Waals surface area (Å²) in [7, 11) is -6.00. The number of terminal acetylenes is 1. The van der Waals surface area contributed by atoms with Crippen molar-refractivity contribution in [1.82, 2.24) is 0 Å². The fraction of sp³-hybridized carbons (Fsp3) is 0.105. The number of rotatable bonds is 0. The van der Waals surface area contributed by atoms with Crippen molar-refractivity contribution < 1.29 is 78.0 Å². The predicted molar refractivity (Wildman–Crippen MR) is 92.3 cm³/mol. The van der Waals surface area contributed by atoms with Gasteiger partial charge in [-0.2, -0.15) is 0 Å². The molecule has 11 heteroatoms. The summed E-state index contributed by atoms with van der Waals surface area (Å²) in [6, 6.07) is 0. The molecule has 0 bridgehead atoms. The second-order valence-corrected chi connectivity index (χ2v) is 3.56. The van der Waals surface area contributed by atoms with Gasteiger partial charge in [-0.3, -0.25) is 0 Å². The van der Waals surface area contributed by atoms with Crippen LogP contribution in [0.2, 0.25) is 0 Å². The van der Waals surface area contributed by atoms with Gasteiger partial charge in [0.05, 0.1) is 0 Å². The van der Waals surface area contributed by atoms with Crippen LogP contribution in [-0.2, 0) is 60.7 Å². The van der Waals surface area contributed by atoms with Crippen molar-refractivity contribution in [3.8, 4) is 12.3 Å². The molecule has 0 aromatic heterocycles. The molecule has 0 spiro atoms. The molecule has 2 saturated carbocycles. The van der Waals surface area contributed by atoms with E-state index >= 15 is 0 Å². The quantitative estimate of drug-likeness (QED) is 0.132. The minimum absolute atomic E-state index is 0. The van der Waals surface area contributed by atoms with Gasteiger partial charge in [0, 0.05) is 56.0 Å². The molecule has 30 heavy (non-hydrogen) atoms. The SMILES string of the molecule is C#C[C+](C)C.F[B-](F)(F)F.[C-]#[O+].[C-]#[O+].[C-]#[O+].[C-]#[O+].[CH]1[CH][CH][CH][CH]1.[CH]1[CH][CH][CH][CH]1.[Mo].[Mo]. The Kier molecular flexibility index (Phi) is 98.0. The standard InChI is InChI=1S/2C5H5.C5H7.4CO.BF4.2Mo/c2*1-2-4-5-3-1;1-4-5(2)3;4*1-2;2-1(3,4)5;;/h2*1-5H;1H,2-3H3;;;;;;;/q;;+1;;;;;-1;;. The maximum Gasteiger partial charge on any atom is 0 e. The Labute approximate surface area is 207 Å². The molecule has 0 heterocycles. The molecular weight excluding hydrogens is 571 g/mol. The van der Waals surface area contributed by atoms with Crippen molar-refractivity contribution in [2.45, 2.75) is 13.8 Å². The third kappa shape index (κ3) is 146. The van der Waals surface area contributed by atoms with Gasteiger partial charge in [-0.1, -0.05) is 0 Å². The van der Waals surface area contributed by atoms with E-state index in [1.54, 1.807) is 0 Å². The van der Waals surface area contributed by atoms with E-state index in [4.69, 9.17) is 25.0 Å². The summed E-state index contributed by atoms with van der Waals surface area (Å²) in [6.45, 7) is 21.8. The Balaban J connectivity index is -0.0000000316. The number of hydrogen-bond acceptors (Lipinski definition) is 0. The Morgan fingerprint density at radius 2 is 0.667 bits per heavy atom. The minimum Gasteiger partial charge on any atom is -0.0312 e. The van der Waals surface area contributed by atoms with Gasteiger partial charge in [0.2, 0.25) is 0 Å². The Bertz CT molecular complexity index is 331. The normalized spacial score (nSPS) is 11.2. The fourth-order valence-electron chi connectivity index (χ4n) is 0.642. The smallest absolute Gasteiger partial charge is 0 e. The first-order valence-electron chi connectivity index (χ1n) is 6.56. The van der Waals surface area contributed by atoms with Gasteiger partial charge >= 0.3 is 52.5 Å². The maximum atomic E-state index is 9.75. The van der Waals surface area contributed by atoms with Gasteiger partial charge in [-0.15, -0.1) is 0 Å². The molecule has 4 nitrogen and oxygen atoms in total. The summed E-state index contributed by atoms with van der Waals surface area (Å²) in [5.41, 5.74) is 0. The Morgan fingerprint density at radius 1 is 0.600 bits per heavy atom. The zero-order chi connectivity index (χ0) is 23.9. The van der Waals surface area contributed by atoms with Gasteiger partial charge in [0.25, 0.3) is 0 Å². The first-order valence-corrected chi connectivity index (χ1v) is 6.56. The van der Waals surface area contributed by atoms with Crippen LogP contribution < -0.4 is 0 Å². The summed E-state index contributed by atoms with van der Waals surface area (Å²) in [6.07, 6.45) is 24.9. The molecule has 0 amide bonds. The van der Waals surface area contributed by atoms with E-state index in [2.05, 4.69) is 32.5 Å². The molecule has 160 valence electrons. The minimum atomic E-state index is -6.00. The second kappa shape index (κ2) is 56.7. The van der Waals surface area contributed by atoms with Crippen LogP contribution in [0.1, 0.15) is 13.8 Å². The first-order chi connectivity index (χ1) is 13.3. The summed E-state index contributed by atoms with van der Waals surface area (Å²) in [5.74, 6) is 3.48. The molecule has 10 radical (unpaired) electrons. The molecule has 2 aliphatic rings. The van der Waals surface area contributed by atoms with E-state index in [1.807, 2.05) is 78.1 Å². The summed E-state index contributed by atoms with van der Waals surface area (Å²) in [4.78, 5) is 0. The van der Waals surface area contributed by atoms with Crippen LogP contribution in [0, 0.1) is 109 Å². The third-order valence-electron chi connectivity index (χ3n) is 1.40. The summed E-state index contributed by atoms with van der Waals surface area (Å²) < 4.78 is 69.0. The van der Waals surface area contributed by atoms with Gasteiger partial charge < -0.3 is 17.3 Å². The molecule has 0 saturated heterocycles. The molecule has 0 atom stereocenters. The Hall–Kier alpha value is -0.448. The van der Waals surface area contributed by atoms with Crippen molar-refractivity contribution in [1.29, 1.82) is 0 Å². The molecule has 0 aromatic carbocycles. The van der Waals surface area contributed by atoms with Crippen molar-refractivity contribution in [3.05, 3.63) is 96.7 Å². The van der Waals surface area contributed by atoms with Crippen LogP contribution in [0.3, 0.4) is 0 Å². The molecule has 0 aliphatic heterocycles. The average Bonchev–Trinajstić information content (AvgIpc) is 3.45. The van der Waals surface area contributed by atoms with Gasteiger partial charge in [0.1, 0.15) is 18.3 Å². The average molecular weight is 588 g/mol. The van der Waals surface area contributed by atoms with Crippen LogP contribution in [0.15, 0.2) is 0 Å².